The Bertz CT molecular complexity index is 663. The summed E-state index contributed by atoms with van der Waals surface area (Å²) in [5.41, 5.74) is -0.672. The van der Waals surface area contributed by atoms with Crippen LogP contribution in [0.25, 0.3) is 0 Å². The average molecular weight is 368 g/mol. The maximum atomic E-state index is 12.0. The average Bonchev–Trinajstić information content (AvgIpc) is 2.64. The topological polar surface area (TPSA) is 63.2 Å². The molecule has 1 aliphatic rings. The van der Waals surface area contributed by atoms with Gasteiger partial charge in [0, 0.05) is 9.92 Å². The Morgan fingerprint density at radius 2 is 2.14 bits per heavy atom. The predicted octanol–water partition coefficient (Wildman–Crippen LogP) is 2.78. The van der Waals surface area contributed by atoms with Crippen molar-refractivity contribution in [2.24, 2.45) is 0 Å². The van der Waals surface area contributed by atoms with Crippen molar-refractivity contribution in [2.75, 3.05) is 17.3 Å². The van der Waals surface area contributed by atoms with Crippen molar-refractivity contribution in [2.45, 2.75) is 23.8 Å². The highest BCUT2D eigenvalue weighted by molar-refractivity contribution is 8.00. The van der Waals surface area contributed by atoms with Crippen LogP contribution in [0.2, 0.25) is 10.0 Å². The minimum absolute atomic E-state index is 0.00563. The summed E-state index contributed by atoms with van der Waals surface area (Å²) < 4.78 is 23.0. The third-order valence-electron chi connectivity index (χ3n) is 3.20. The van der Waals surface area contributed by atoms with Crippen molar-refractivity contribution in [3.63, 3.8) is 0 Å². The zero-order chi connectivity index (χ0) is 15.7. The first-order chi connectivity index (χ1) is 9.69. The zero-order valence-electron chi connectivity index (χ0n) is 11.4. The molecule has 2 rings (SSSR count). The number of hydrogen-bond donors (Lipinski definition) is 1. The third kappa shape index (κ3) is 4.77. The van der Waals surface area contributed by atoms with Crippen LogP contribution in [0.4, 0.5) is 0 Å². The fraction of sp³-hybridized carbons (Fsp3) is 0.462. The quantitative estimate of drug-likeness (QED) is 0.831. The van der Waals surface area contributed by atoms with Gasteiger partial charge >= 0.3 is 0 Å². The molecule has 116 valence electrons. The summed E-state index contributed by atoms with van der Waals surface area (Å²) in [5.74, 6) is 0.0665. The van der Waals surface area contributed by atoms with Gasteiger partial charge in [-0.05, 0) is 31.5 Å². The van der Waals surface area contributed by atoms with Crippen molar-refractivity contribution < 1.29 is 13.2 Å². The Morgan fingerprint density at radius 3 is 2.76 bits per heavy atom. The SMILES string of the molecule is C[C@]1(NC(=O)CSc2cc(Cl)ccc2Cl)CCS(=O)(=O)C1. The monoisotopic (exact) mass is 367 g/mol. The number of rotatable bonds is 4. The van der Waals surface area contributed by atoms with Gasteiger partial charge in [-0.25, -0.2) is 8.42 Å². The Labute approximate surface area is 138 Å². The number of carbonyl (C=O) groups excluding carboxylic acids is 1. The van der Waals surface area contributed by atoms with E-state index in [0.29, 0.717) is 16.5 Å². The van der Waals surface area contributed by atoms with E-state index in [-0.39, 0.29) is 23.2 Å². The zero-order valence-corrected chi connectivity index (χ0v) is 14.5. The molecule has 1 N–H and O–H groups in total. The Morgan fingerprint density at radius 1 is 1.43 bits per heavy atom. The summed E-state index contributed by atoms with van der Waals surface area (Å²) >= 11 is 13.2. The number of carbonyl (C=O) groups is 1. The van der Waals surface area contributed by atoms with Gasteiger partial charge in [-0.15, -0.1) is 11.8 Å². The summed E-state index contributed by atoms with van der Waals surface area (Å²) in [6, 6.07) is 5.05. The van der Waals surface area contributed by atoms with Crippen LogP contribution in [0.15, 0.2) is 23.1 Å². The highest BCUT2D eigenvalue weighted by Gasteiger charge is 2.39. The number of amides is 1. The van der Waals surface area contributed by atoms with E-state index in [9.17, 15) is 13.2 Å². The normalized spacial score (nSPS) is 24.0. The van der Waals surface area contributed by atoms with Gasteiger partial charge in [0.15, 0.2) is 9.84 Å². The highest BCUT2D eigenvalue weighted by atomic mass is 35.5. The van der Waals surface area contributed by atoms with Crippen LogP contribution in [-0.2, 0) is 14.6 Å². The summed E-state index contributed by atoms with van der Waals surface area (Å²) in [6.45, 7) is 1.76. The van der Waals surface area contributed by atoms with Gasteiger partial charge < -0.3 is 5.32 Å². The molecule has 0 radical (unpaired) electrons. The lowest BCUT2D eigenvalue weighted by Gasteiger charge is -2.23. The molecule has 0 bridgehead atoms. The molecular weight excluding hydrogens is 353 g/mol. The first-order valence-electron chi connectivity index (χ1n) is 6.28. The molecule has 4 nitrogen and oxygen atoms in total. The molecule has 1 atom stereocenters. The van der Waals surface area contributed by atoms with E-state index < -0.39 is 15.4 Å². The van der Waals surface area contributed by atoms with Gasteiger partial charge in [-0.3, -0.25) is 4.79 Å². The molecule has 1 heterocycles. The number of halogens is 2. The van der Waals surface area contributed by atoms with Crippen LogP contribution in [0.1, 0.15) is 13.3 Å². The summed E-state index contributed by atoms with van der Waals surface area (Å²) in [4.78, 5) is 12.7. The largest absolute Gasteiger partial charge is 0.349 e. The second kappa shape index (κ2) is 6.36. The first-order valence-corrected chi connectivity index (χ1v) is 9.85. The van der Waals surface area contributed by atoms with Gasteiger partial charge in [0.25, 0.3) is 0 Å². The Balaban J connectivity index is 1.92. The maximum absolute atomic E-state index is 12.0. The molecule has 8 heteroatoms. The van der Waals surface area contributed by atoms with Gasteiger partial charge in [0.1, 0.15) is 0 Å². The van der Waals surface area contributed by atoms with Crippen LogP contribution >= 0.6 is 35.0 Å². The number of benzene rings is 1. The van der Waals surface area contributed by atoms with Crippen LogP contribution < -0.4 is 5.32 Å². The van der Waals surface area contributed by atoms with Crippen LogP contribution in [0.3, 0.4) is 0 Å². The highest BCUT2D eigenvalue weighted by Crippen LogP contribution is 2.30. The molecule has 0 aliphatic carbocycles. The molecule has 1 saturated heterocycles. The fourth-order valence-corrected chi connectivity index (χ4v) is 5.60. The summed E-state index contributed by atoms with van der Waals surface area (Å²) in [5, 5.41) is 3.89. The second-order valence-corrected chi connectivity index (χ2v) is 9.36. The van der Waals surface area contributed by atoms with E-state index in [2.05, 4.69) is 5.32 Å². The number of hydrogen-bond acceptors (Lipinski definition) is 4. The molecular formula is C13H15Cl2NO3S2. The summed E-state index contributed by atoms with van der Waals surface area (Å²) in [6.07, 6.45) is 0.448. The molecule has 1 aliphatic heterocycles. The van der Waals surface area contributed by atoms with Crippen molar-refractivity contribution in [3.05, 3.63) is 28.2 Å². The first kappa shape index (κ1) is 16.9. The van der Waals surface area contributed by atoms with Gasteiger partial charge in [0.05, 0.1) is 27.8 Å². The van der Waals surface area contributed by atoms with E-state index in [0.717, 1.165) is 4.90 Å². The van der Waals surface area contributed by atoms with E-state index >= 15 is 0 Å². The smallest absolute Gasteiger partial charge is 0.230 e. The van der Waals surface area contributed by atoms with Crippen molar-refractivity contribution in [1.29, 1.82) is 0 Å². The fourth-order valence-electron chi connectivity index (χ4n) is 2.21. The molecule has 0 unspecified atom stereocenters. The molecule has 0 aromatic heterocycles. The third-order valence-corrected chi connectivity index (χ3v) is 6.83. The van der Waals surface area contributed by atoms with Gasteiger partial charge in [-0.1, -0.05) is 23.2 Å². The minimum Gasteiger partial charge on any atom is -0.349 e. The number of sulfone groups is 1. The van der Waals surface area contributed by atoms with Crippen molar-refractivity contribution in [1.82, 2.24) is 5.32 Å². The predicted molar refractivity (Wildman–Crippen MR) is 87.0 cm³/mol. The Hall–Kier alpha value is -0.430. The standard InChI is InChI=1S/C13H15Cl2NO3S2/c1-13(4-5-21(18,19)8-13)16-12(17)7-20-11-6-9(14)2-3-10(11)15/h2-3,6H,4-5,7-8H2,1H3,(H,16,17)/t13-/m0/s1. The van der Waals surface area contributed by atoms with Crippen molar-refractivity contribution >= 4 is 50.7 Å². The maximum Gasteiger partial charge on any atom is 0.230 e. The minimum atomic E-state index is -3.04. The van der Waals surface area contributed by atoms with Crippen LogP contribution in [0, 0.1) is 0 Å². The van der Waals surface area contributed by atoms with Gasteiger partial charge in [-0.2, -0.15) is 0 Å². The van der Waals surface area contributed by atoms with E-state index in [1.807, 2.05) is 0 Å². The number of thioether (sulfide) groups is 1. The van der Waals surface area contributed by atoms with Crippen molar-refractivity contribution in [3.8, 4) is 0 Å². The number of nitrogens with one attached hydrogen (secondary N) is 1. The molecule has 0 spiro atoms. The van der Waals surface area contributed by atoms with Gasteiger partial charge in [0.2, 0.25) is 5.91 Å². The molecule has 1 fully saturated rings. The van der Waals surface area contributed by atoms with E-state index in [1.54, 1.807) is 25.1 Å². The molecule has 1 aromatic rings. The molecule has 1 amide bonds. The summed E-state index contributed by atoms with van der Waals surface area (Å²) in [7, 11) is -3.04. The molecule has 0 saturated carbocycles. The lowest BCUT2D eigenvalue weighted by atomic mass is 10.0. The lowest BCUT2D eigenvalue weighted by Crippen LogP contribution is -2.47. The van der Waals surface area contributed by atoms with E-state index in [1.165, 1.54) is 11.8 Å². The van der Waals surface area contributed by atoms with Crippen LogP contribution in [0.5, 0.6) is 0 Å². The van der Waals surface area contributed by atoms with Crippen LogP contribution in [-0.4, -0.2) is 37.1 Å². The Kier molecular flexibility index (Phi) is 5.13. The second-order valence-electron chi connectivity index (χ2n) is 5.31. The molecule has 21 heavy (non-hydrogen) atoms. The molecule has 1 aromatic carbocycles. The van der Waals surface area contributed by atoms with E-state index in [4.69, 9.17) is 23.2 Å². The lowest BCUT2D eigenvalue weighted by molar-refractivity contribution is -0.120.